The summed E-state index contributed by atoms with van der Waals surface area (Å²) >= 11 is 0. The fraction of sp³-hybridized carbons (Fsp3) is 0.500. The van der Waals surface area contributed by atoms with Crippen LogP contribution in [0.5, 0.6) is 5.88 Å². The van der Waals surface area contributed by atoms with Crippen molar-refractivity contribution in [1.29, 1.82) is 0 Å². The minimum Gasteiger partial charge on any atom is -0.473 e. The zero-order chi connectivity index (χ0) is 9.68. The van der Waals surface area contributed by atoms with E-state index < -0.39 is 0 Å². The molecule has 1 unspecified atom stereocenters. The van der Waals surface area contributed by atoms with Crippen LogP contribution >= 0.6 is 0 Å². The van der Waals surface area contributed by atoms with E-state index in [1.54, 1.807) is 0 Å². The lowest BCUT2D eigenvalue weighted by atomic mass is 10.4. The van der Waals surface area contributed by atoms with Crippen molar-refractivity contribution in [2.75, 3.05) is 13.6 Å². The third-order valence-electron chi connectivity index (χ3n) is 1.47. The van der Waals surface area contributed by atoms with Crippen molar-refractivity contribution in [1.82, 2.24) is 15.3 Å². The Balaban J connectivity index is 2.58. The molecule has 0 saturated carbocycles. The second-order valence-corrected chi connectivity index (χ2v) is 2.74. The predicted octanol–water partition coefficient (Wildman–Crippen LogP) is -0.243. The maximum absolute atomic E-state index is 10.8. The lowest BCUT2D eigenvalue weighted by Crippen LogP contribution is -2.26. The van der Waals surface area contributed by atoms with Gasteiger partial charge in [0, 0.05) is 6.54 Å². The smallest absolute Gasteiger partial charge is 0.254 e. The Labute approximate surface area is 76.2 Å². The van der Waals surface area contributed by atoms with E-state index in [2.05, 4.69) is 15.3 Å². The fourth-order valence-corrected chi connectivity index (χ4v) is 0.950. The Morgan fingerprint density at radius 3 is 3.15 bits per heavy atom. The van der Waals surface area contributed by atoms with Crippen LogP contribution in [0.4, 0.5) is 0 Å². The Kier molecular flexibility index (Phi) is 3.45. The topological polar surface area (TPSA) is 67.0 Å². The van der Waals surface area contributed by atoms with E-state index in [1.807, 2.05) is 14.0 Å². The van der Waals surface area contributed by atoms with Crippen LogP contribution in [0.15, 0.2) is 17.2 Å². The van der Waals surface area contributed by atoms with Gasteiger partial charge in [0.1, 0.15) is 6.10 Å². The van der Waals surface area contributed by atoms with Crippen LogP contribution in [0.25, 0.3) is 0 Å². The molecular weight excluding hydrogens is 170 g/mol. The number of rotatable bonds is 4. The molecule has 0 bridgehead atoms. The summed E-state index contributed by atoms with van der Waals surface area (Å²) in [6.45, 7) is 2.62. The molecule has 5 heteroatoms. The molecule has 5 nitrogen and oxygen atoms in total. The largest absolute Gasteiger partial charge is 0.473 e. The second-order valence-electron chi connectivity index (χ2n) is 2.74. The highest BCUT2D eigenvalue weighted by Crippen LogP contribution is 2.01. The minimum atomic E-state index is -0.207. The lowest BCUT2D eigenvalue weighted by Gasteiger charge is -2.12. The molecule has 1 heterocycles. The number of H-pyrrole nitrogens is 1. The molecule has 1 atom stereocenters. The van der Waals surface area contributed by atoms with Gasteiger partial charge in [0.25, 0.3) is 5.56 Å². The fourth-order valence-electron chi connectivity index (χ4n) is 0.950. The number of aromatic amines is 1. The van der Waals surface area contributed by atoms with E-state index in [1.165, 1.54) is 12.4 Å². The third kappa shape index (κ3) is 3.25. The van der Waals surface area contributed by atoms with Gasteiger partial charge in [-0.15, -0.1) is 0 Å². The van der Waals surface area contributed by atoms with Gasteiger partial charge in [-0.3, -0.25) is 4.79 Å². The average Bonchev–Trinajstić information content (AvgIpc) is 2.04. The van der Waals surface area contributed by atoms with Gasteiger partial charge in [-0.2, -0.15) is 0 Å². The molecule has 0 aliphatic heterocycles. The Hall–Kier alpha value is -1.36. The minimum absolute atomic E-state index is 0.000648. The molecule has 0 spiro atoms. The molecule has 13 heavy (non-hydrogen) atoms. The number of ether oxygens (including phenoxy) is 1. The maximum atomic E-state index is 10.8. The first-order valence-electron chi connectivity index (χ1n) is 4.08. The van der Waals surface area contributed by atoms with Crippen LogP contribution in [-0.4, -0.2) is 29.7 Å². The first-order chi connectivity index (χ1) is 6.22. The highest BCUT2D eigenvalue weighted by molar-refractivity contribution is 5.05. The zero-order valence-corrected chi connectivity index (χ0v) is 7.70. The highest BCUT2D eigenvalue weighted by atomic mass is 16.5. The van der Waals surface area contributed by atoms with Gasteiger partial charge in [0.05, 0.1) is 12.4 Å². The zero-order valence-electron chi connectivity index (χ0n) is 7.70. The number of nitrogens with one attached hydrogen (secondary N) is 2. The number of likely N-dealkylation sites (N-methyl/N-ethyl adjacent to an activating group) is 1. The van der Waals surface area contributed by atoms with Crippen LogP contribution in [0, 0.1) is 0 Å². The van der Waals surface area contributed by atoms with Gasteiger partial charge in [0.2, 0.25) is 5.88 Å². The van der Waals surface area contributed by atoms with Crippen LogP contribution in [-0.2, 0) is 0 Å². The second kappa shape index (κ2) is 4.61. The Morgan fingerprint density at radius 2 is 2.54 bits per heavy atom. The van der Waals surface area contributed by atoms with Crippen molar-refractivity contribution in [3.05, 3.63) is 22.7 Å². The van der Waals surface area contributed by atoms with Crippen molar-refractivity contribution >= 4 is 0 Å². The molecule has 1 rings (SSSR count). The summed E-state index contributed by atoms with van der Waals surface area (Å²) in [5.74, 6) is 0.353. The summed E-state index contributed by atoms with van der Waals surface area (Å²) in [4.78, 5) is 17.1. The number of aromatic nitrogens is 2. The Bertz CT molecular complexity index is 310. The molecule has 72 valence electrons. The van der Waals surface area contributed by atoms with E-state index in [4.69, 9.17) is 4.74 Å². The summed E-state index contributed by atoms with van der Waals surface area (Å²) in [6.07, 6.45) is 1.32. The standard InChI is InChI=1S/C8H13N3O2/c1-6(4-9-2)13-8-3-7(12)10-5-11-8/h3,5-6,9H,4H2,1-2H3,(H,10,11,12). The van der Waals surface area contributed by atoms with Gasteiger partial charge in [-0.05, 0) is 14.0 Å². The van der Waals surface area contributed by atoms with E-state index >= 15 is 0 Å². The molecule has 0 saturated heterocycles. The summed E-state index contributed by atoms with van der Waals surface area (Å²) in [5.41, 5.74) is -0.207. The molecule has 0 radical (unpaired) electrons. The van der Waals surface area contributed by atoms with E-state index in [9.17, 15) is 4.79 Å². The summed E-state index contributed by atoms with van der Waals surface area (Å²) < 4.78 is 5.34. The summed E-state index contributed by atoms with van der Waals surface area (Å²) in [5, 5.41) is 2.96. The number of nitrogens with zero attached hydrogens (tertiary/aromatic N) is 1. The van der Waals surface area contributed by atoms with E-state index in [0.717, 1.165) is 0 Å². The number of hydrogen-bond donors (Lipinski definition) is 2. The predicted molar refractivity (Wildman–Crippen MR) is 48.9 cm³/mol. The molecule has 0 aromatic carbocycles. The Morgan fingerprint density at radius 1 is 1.77 bits per heavy atom. The summed E-state index contributed by atoms with van der Waals surface area (Å²) in [6, 6.07) is 1.33. The van der Waals surface area contributed by atoms with Gasteiger partial charge in [-0.1, -0.05) is 0 Å². The van der Waals surface area contributed by atoms with Crippen molar-refractivity contribution in [3.63, 3.8) is 0 Å². The van der Waals surface area contributed by atoms with Crippen LogP contribution < -0.4 is 15.6 Å². The molecular formula is C8H13N3O2. The van der Waals surface area contributed by atoms with Crippen LogP contribution in [0.3, 0.4) is 0 Å². The first-order valence-corrected chi connectivity index (χ1v) is 4.08. The van der Waals surface area contributed by atoms with Crippen molar-refractivity contribution in [2.45, 2.75) is 13.0 Å². The lowest BCUT2D eigenvalue weighted by molar-refractivity contribution is 0.211. The number of hydrogen-bond acceptors (Lipinski definition) is 4. The van der Waals surface area contributed by atoms with Gasteiger partial charge in [0.15, 0.2) is 0 Å². The van der Waals surface area contributed by atoms with Crippen molar-refractivity contribution in [2.24, 2.45) is 0 Å². The van der Waals surface area contributed by atoms with Gasteiger partial charge in [-0.25, -0.2) is 4.98 Å². The van der Waals surface area contributed by atoms with Crippen molar-refractivity contribution < 1.29 is 4.74 Å². The normalized spacial score (nSPS) is 12.5. The molecule has 0 fully saturated rings. The molecule has 1 aromatic heterocycles. The SMILES string of the molecule is CNCC(C)Oc1cc(=O)[nH]cn1. The molecule has 0 amide bonds. The van der Waals surface area contributed by atoms with Crippen molar-refractivity contribution in [3.8, 4) is 5.88 Å². The first kappa shape index (κ1) is 9.73. The molecule has 0 aliphatic rings. The average molecular weight is 183 g/mol. The molecule has 2 N–H and O–H groups in total. The molecule has 0 aliphatic carbocycles. The third-order valence-corrected chi connectivity index (χ3v) is 1.47. The quantitative estimate of drug-likeness (QED) is 0.676. The monoisotopic (exact) mass is 183 g/mol. The van der Waals surface area contributed by atoms with Crippen LogP contribution in [0.1, 0.15) is 6.92 Å². The van der Waals surface area contributed by atoms with Crippen LogP contribution in [0.2, 0.25) is 0 Å². The van der Waals surface area contributed by atoms with E-state index in [0.29, 0.717) is 12.4 Å². The van der Waals surface area contributed by atoms with Gasteiger partial charge >= 0.3 is 0 Å². The molecule has 1 aromatic rings. The van der Waals surface area contributed by atoms with E-state index in [-0.39, 0.29) is 11.7 Å². The summed E-state index contributed by atoms with van der Waals surface area (Å²) in [7, 11) is 1.84. The maximum Gasteiger partial charge on any atom is 0.254 e. The van der Waals surface area contributed by atoms with Gasteiger partial charge < -0.3 is 15.0 Å². The highest BCUT2D eigenvalue weighted by Gasteiger charge is 2.03.